The zero-order valence-corrected chi connectivity index (χ0v) is 14.8. The first-order valence-electron chi connectivity index (χ1n) is 9.40. The molecular formula is C19H37NO. The highest BCUT2D eigenvalue weighted by Crippen LogP contribution is 2.43. The summed E-state index contributed by atoms with van der Waals surface area (Å²) < 4.78 is 6.58. The van der Waals surface area contributed by atoms with Crippen LogP contribution in [0.5, 0.6) is 0 Å². The third-order valence-electron chi connectivity index (χ3n) is 5.32. The van der Waals surface area contributed by atoms with Crippen LogP contribution in [0.1, 0.15) is 85.5 Å². The fourth-order valence-electron chi connectivity index (χ4n) is 4.33. The molecule has 0 aromatic carbocycles. The normalized spacial score (nSPS) is 26.9. The summed E-state index contributed by atoms with van der Waals surface area (Å²) >= 11 is 0. The molecule has 1 heterocycles. The molecule has 1 saturated heterocycles. The summed E-state index contributed by atoms with van der Waals surface area (Å²) in [5.41, 5.74) is 0.288. The minimum atomic E-state index is 0.288. The van der Waals surface area contributed by atoms with Gasteiger partial charge in [-0.15, -0.1) is 0 Å². The smallest absolute Gasteiger partial charge is 0.0687 e. The average molecular weight is 296 g/mol. The van der Waals surface area contributed by atoms with Gasteiger partial charge in [0.2, 0.25) is 0 Å². The molecule has 1 aliphatic carbocycles. The van der Waals surface area contributed by atoms with Crippen molar-refractivity contribution in [3.8, 4) is 0 Å². The van der Waals surface area contributed by atoms with Gasteiger partial charge in [-0.2, -0.15) is 0 Å². The van der Waals surface area contributed by atoms with Crippen molar-refractivity contribution in [1.82, 2.24) is 5.32 Å². The van der Waals surface area contributed by atoms with Crippen LogP contribution in [0.4, 0.5) is 0 Å². The largest absolute Gasteiger partial charge is 0.372 e. The second-order valence-corrected chi connectivity index (χ2v) is 8.32. The van der Waals surface area contributed by atoms with Gasteiger partial charge in [-0.05, 0) is 56.9 Å². The Balaban J connectivity index is 1.82. The number of rotatable bonds is 7. The highest BCUT2D eigenvalue weighted by molar-refractivity contribution is 4.92. The maximum absolute atomic E-state index is 6.58. The lowest BCUT2D eigenvalue weighted by Crippen LogP contribution is -2.34. The summed E-state index contributed by atoms with van der Waals surface area (Å²) in [5.74, 6) is 1.56. The summed E-state index contributed by atoms with van der Waals surface area (Å²) in [6.45, 7) is 10.3. The molecule has 2 atom stereocenters. The maximum Gasteiger partial charge on any atom is 0.0687 e. The second-order valence-electron chi connectivity index (χ2n) is 8.32. The SMILES string of the molecule is CC(C)CC(CNC(C)C)CC1CCC2(CCCCC2)O1. The van der Waals surface area contributed by atoms with E-state index in [1.54, 1.807) is 0 Å². The lowest BCUT2D eigenvalue weighted by molar-refractivity contribution is -0.0703. The molecule has 0 aromatic heterocycles. The molecule has 124 valence electrons. The third-order valence-corrected chi connectivity index (χ3v) is 5.32. The number of hydrogen-bond donors (Lipinski definition) is 1. The van der Waals surface area contributed by atoms with Crippen LogP contribution in [0.2, 0.25) is 0 Å². The Kier molecular flexibility index (Phi) is 6.55. The second kappa shape index (κ2) is 7.97. The van der Waals surface area contributed by atoms with Gasteiger partial charge in [0.1, 0.15) is 0 Å². The van der Waals surface area contributed by atoms with Crippen molar-refractivity contribution >= 4 is 0 Å². The number of hydrogen-bond acceptors (Lipinski definition) is 2. The molecule has 1 spiro atoms. The Morgan fingerprint density at radius 3 is 2.38 bits per heavy atom. The van der Waals surface area contributed by atoms with E-state index in [1.165, 1.54) is 57.8 Å². The fourth-order valence-corrected chi connectivity index (χ4v) is 4.33. The topological polar surface area (TPSA) is 21.3 Å². The van der Waals surface area contributed by atoms with Crippen LogP contribution in [0.25, 0.3) is 0 Å². The highest BCUT2D eigenvalue weighted by atomic mass is 16.5. The molecule has 1 aliphatic heterocycles. The first-order valence-corrected chi connectivity index (χ1v) is 9.40. The van der Waals surface area contributed by atoms with E-state index in [0.717, 1.165) is 18.4 Å². The summed E-state index contributed by atoms with van der Waals surface area (Å²) in [7, 11) is 0. The number of ether oxygens (including phenoxy) is 1. The highest BCUT2D eigenvalue weighted by Gasteiger charge is 2.41. The molecule has 1 saturated carbocycles. The van der Waals surface area contributed by atoms with Crippen molar-refractivity contribution in [2.24, 2.45) is 11.8 Å². The summed E-state index contributed by atoms with van der Waals surface area (Å²) in [6, 6.07) is 0.592. The lowest BCUT2D eigenvalue weighted by atomic mass is 9.83. The molecule has 0 aromatic rings. The summed E-state index contributed by atoms with van der Waals surface area (Å²) in [5, 5.41) is 3.64. The van der Waals surface area contributed by atoms with Crippen LogP contribution in [0, 0.1) is 11.8 Å². The van der Waals surface area contributed by atoms with Crippen molar-refractivity contribution in [3.63, 3.8) is 0 Å². The van der Waals surface area contributed by atoms with E-state index in [1.807, 2.05) is 0 Å². The van der Waals surface area contributed by atoms with Crippen molar-refractivity contribution in [3.05, 3.63) is 0 Å². The van der Waals surface area contributed by atoms with E-state index < -0.39 is 0 Å². The van der Waals surface area contributed by atoms with Crippen LogP contribution in [0.15, 0.2) is 0 Å². The van der Waals surface area contributed by atoms with Gasteiger partial charge in [-0.1, -0.05) is 47.0 Å². The molecule has 2 fully saturated rings. The monoisotopic (exact) mass is 295 g/mol. The first kappa shape index (κ1) is 17.3. The Bertz CT molecular complexity index is 294. The van der Waals surface area contributed by atoms with Gasteiger partial charge in [0.25, 0.3) is 0 Å². The first-order chi connectivity index (χ1) is 9.99. The standard InChI is InChI=1S/C19H37NO/c1-15(2)12-17(14-20-16(3)4)13-18-8-11-19(21-18)9-6-5-7-10-19/h15-18,20H,5-14H2,1-4H3. The predicted octanol–water partition coefficient (Wildman–Crippen LogP) is 4.92. The van der Waals surface area contributed by atoms with E-state index >= 15 is 0 Å². The van der Waals surface area contributed by atoms with Crippen LogP contribution < -0.4 is 5.32 Å². The zero-order valence-electron chi connectivity index (χ0n) is 14.8. The van der Waals surface area contributed by atoms with Gasteiger partial charge in [0.15, 0.2) is 0 Å². The zero-order chi connectivity index (χ0) is 15.3. The molecule has 2 heteroatoms. The molecule has 21 heavy (non-hydrogen) atoms. The van der Waals surface area contributed by atoms with Gasteiger partial charge in [0, 0.05) is 6.04 Å². The van der Waals surface area contributed by atoms with Gasteiger partial charge in [-0.25, -0.2) is 0 Å². The molecular weight excluding hydrogens is 258 g/mol. The molecule has 2 unspecified atom stereocenters. The van der Waals surface area contributed by atoms with E-state index in [0.29, 0.717) is 12.1 Å². The van der Waals surface area contributed by atoms with Crippen LogP contribution in [-0.4, -0.2) is 24.3 Å². The van der Waals surface area contributed by atoms with Crippen LogP contribution in [-0.2, 0) is 4.74 Å². The molecule has 1 N–H and O–H groups in total. The average Bonchev–Trinajstić information content (AvgIpc) is 2.79. The van der Waals surface area contributed by atoms with Gasteiger partial charge >= 0.3 is 0 Å². The number of nitrogens with one attached hydrogen (secondary N) is 1. The van der Waals surface area contributed by atoms with E-state index in [9.17, 15) is 0 Å². The van der Waals surface area contributed by atoms with E-state index in [2.05, 4.69) is 33.0 Å². The van der Waals surface area contributed by atoms with Gasteiger partial charge < -0.3 is 10.1 Å². The Morgan fingerprint density at radius 2 is 1.76 bits per heavy atom. The summed E-state index contributed by atoms with van der Waals surface area (Å²) in [4.78, 5) is 0. The quantitative estimate of drug-likeness (QED) is 0.720. The molecule has 0 radical (unpaired) electrons. The Labute approximate surface area is 132 Å². The van der Waals surface area contributed by atoms with Crippen LogP contribution >= 0.6 is 0 Å². The van der Waals surface area contributed by atoms with Crippen LogP contribution in [0.3, 0.4) is 0 Å². The minimum absolute atomic E-state index is 0.288. The molecule has 2 rings (SSSR count). The molecule has 0 bridgehead atoms. The Hall–Kier alpha value is -0.0800. The Morgan fingerprint density at radius 1 is 1.05 bits per heavy atom. The lowest BCUT2D eigenvalue weighted by Gasteiger charge is -2.34. The van der Waals surface area contributed by atoms with E-state index in [4.69, 9.17) is 4.74 Å². The van der Waals surface area contributed by atoms with Crippen molar-refractivity contribution < 1.29 is 4.74 Å². The van der Waals surface area contributed by atoms with Crippen molar-refractivity contribution in [2.45, 2.75) is 103 Å². The minimum Gasteiger partial charge on any atom is -0.372 e. The predicted molar refractivity (Wildman–Crippen MR) is 90.6 cm³/mol. The van der Waals surface area contributed by atoms with Crippen molar-refractivity contribution in [1.29, 1.82) is 0 Å². The third kappa shape index (κ3) is 5.56. The molecule has 0 amide bonds. The molecule has 2 aliphatic rings. The van der Waals surface area contributed by atoms with E-state index in [-0.39, 0.29) is 5.60 Å². The fraction of sp³-hybridized carbons (Fsp3) is 1.00. The molecule has 2 nitrogen and oxygen atoms in total. The van der Waals surface area contributed by atoms with Gasteiger partial charge in [-0.3, -0.25) is 0 Å². The van der Waals surface area contributed by atoms with Crippen molar-refractivity contribution in [2.75, 3.05) is 6.54 Å². The maximum atomic E-state index is 6.58. The van der Waals surface area contributed by atoms with Gasteiger partial charge in [0.05, 0.1) is 11.7 Å². The summed E-state index contributed by atoms with van der Waals surface area (Å²) in [6.07, 6.45) is 12.6.